The van der Waals surface area contributed by atoms with E-state index in [-0.39, 0.29) is 11.2 Å². The first-order valence-electron chi connectivity index (χ1n) is 3.78. The van der Waals surface area contributed by atoms with E-state index in [2.05, 4.69) is 0 Å². The molecule has 59 valence electrons. The second-order valence-electron chi connectivity index (χ2n) is 3.75. The Labute approximate surface area is 67.7 Å². The summed E-state index contributed by atoms with van der Waals surface area (Å²) in [6.45, 7) is 6.14. The molecule has 1 heteroatoms. The minimum absolute atomic E-state index is 0.0294. The Morgan fingerprint density at radius 1 is 1.09 bits per heavy atom. The Morgan fingerprint density at radius 2 is 1.64 bits per heavy atom. The van der Waals surface area contributed by atoms with E-state index in [1.54, 1.807) is 12.1 Å². The summed E-state index contributed by atoms with van der Waals surface area (Å²) in [7, 11) is 0. The van der Waals surface area contributed by atoms with Gasteiger partial charge in [-0.3, -0.25) is 5.11 Å². The van der Waals surface area contributed by atoms with Crippen LogP contribution in [0.15, 0.2) is 24.3 Å². The van der Waals surface area contributed by atoms with Gasteiger partial charge >= 0.3 is 0 Å². The molecule has 0 unspecified atom stereocenters. The molecule has 0 aliphatic carbocycles. The highest BCUT2D eigenvalue weighted by atomic mass is 16.3. The average Bonchev–Trinajstić information content (AvgIpc) is 1.86. The summed E-state index contributed by atoms with van der Waals surface area (Å²) < 4.78 is 0. The highest BCUT2D eigenvalue weighted by Gasteiger charge is 2.17. The lowest BCUT2D eigenvalue weighted by atomic mass is 9.86. The van der Waals surface area contributed by atoms with Gasteiger partial charge in [-0.1, -0.05) is 39.0 Å². The first kappa shape index (κ1) is 8.12. The summed E-state index contributed by atoms with van der Waals surface area (Å²) >= 11 is 0. The van der Waals surface area contributed by atoms with Crippen LogP contribution in [0.25, 0.3) is 0 Å². The normalized spacial score (nSPS) is 11.5. The van der Waals surface area contributed by atoms with Crippen LogP contribution in [0.2, 0.25) is 0 Å². The van der Waals surface area contributed by atoms with Gasteiger partial charge in [0.05, 0.1) is 0 Å². The summed E-state index contributed by atoms with van der Waals surface area (Å²) in [6, 6.07) is 7.18. The van der Waals surface area contributed by atoms with Crippen molar-refractivity contribution in [2.24, 2.45) is 0 Å². The summed E-state index contributed by atoms with van der Waals surface area (Å²) in [5, 5.41) is 11.3. The van der Waals surface area contributed by atoms with Crippen molar-refractivity contribution in [3.63, 3.8) is 0 Å². The first-order valence-corrected chi connectivity index (χ1v) is 3.78. The number of hydrogen-bond acceptors (Lipinski definition) is 0. The van der Waals surface area contributed by atoms with Crippen LogP contribution in [0.4, 0.5) is 0 Å². The van der Waals surface area contributed by atoms with Crippen LogP contribution in [-0.2, 0) is 10.5 Å². The number of para-hydroxylation sites is 1. The minimum Gasteiger partial charge on any atom is -0.290 e. The van der Waals surface area contributed by atoms with Crippen molar-refractivity contribution in [2.45, 2.75) is 26.2 Å². The van der Waals surface area contributed by atoms with Crippen molar-refractivity contribution in [2.75, 3.05) is 0 Å². The third-order valence-corrected chi connectivity index (χ3v) is 1.70. The zero-order valence-corrected chi connectivity index (χ0v) is 7.22. The van der Waals surface area contributed by atoms with Gasteiger partial charge in [-0.05, 0) is 11.5 Å². The molecule has 1 nitrogen and oxygen atoms in total. The molecular weight excluding hydrogens is 136 g/mol. The fourth-order valence-electron chi connectivity index (χ4n) is 1.09. The molecule has 0 aromatic heterocycles. The Balaban J connectivity index is 3.14. The van der Waals surface area contributed by atoms with Gasteiger partial charge in [0.25, 0.3) is 0 Å². The number of hydrogen-bond donors (Lipinski definition) is 0. The summed E-state index contributed by atoms with van der Waals surface area (Å²) in [5.41, 5.74) is 0.859. The minimum atomic E-state index is -0.0294. The second kappa shape index (κ2) is 2.57. The summed E-state index contributed by atoms with van der Waals surface area (Å²) in [4.78, 5) is 0. The van der Waals surface area contributed by atoms with Gasteiger partial charge in [0.15, 0.2) is 5.75 Å². The smallest absolute Gasteiger partial charge is 0.182 e. The largest absolute Gasteiger partial charge is 0.290 e. The monoisotopic (exact) mass is 149 g/mol. The molecule has 1 radical (unpaired) electrons. The predicted molar refractivity (Wildman–Crippen MR) is 45.3 cm³/mol. The average molecular weight is 149 g/mol. The number of rotatable bonds is 0. The molecule has 0 heterocycles. The fraction of sp³-hybridized carbons (Fsp3) is 0.400. The van der Waals surface area contributed by atoms with Crippen LogP contribution in [0, 0.1) is 0 Å². The van der Waals surface area contributed by atoms with E-state index in [9.17, 15) is 5.11 Å². The van der Waals surface area contributed by atoms with E-state index in [1.807, 2.05) is 32.9 Å². The molecule has 0 aliphatic heterocycles. The molecule has 1 aromatic carbocycles. The third-order valence-electron chi connectivity index (χ3n) is 1.70. The lowest BCUT2D eigenvalue weighted by molar-refractivity contribution is 0.341. The lowest BCUT2D eigenvalue weighted by Crippen LogP contribution is -2.10. The molecule has 0 aliphatic rings. The van der Waals surface area contributed by atoms with E-state index in [4.69, 9.17) is 0 Å². The second-order valence-corrected chi connectivity index (χ2v) is 3.75. The third kappa shape index (κ3) is 1.73. The quantitative estimate of drug-likeness (QED) is 0.540. The molecule has 0 atom stereocenters. The van der Waals surface area contributed by atoms with Gasteiger partial charge in [-0.25, -0.2) is 0 Å². The maximum absolute atomic E-state index is 11.3. The van der Waals surface area contributed by atoms with Crippen molar-refractivity contribution >= 4 is 0 Å². The van der Waals surface area contributed by atoms with Crippen LogP contribution in [0.1, 0.15) is 26.3 Å². The zero-order valence-electron chi connectivity index (χ0n) is 7.22. The Bertz CT molecular complexity index is 245. The molecule has 0 saturated carbocycles. The van der Waals surface area contributed by atoms with Crippen LogP contribution in [0.5, 0.6) is 5.75 Å². The van der Waals surface area contributed by atoms with Crippen LogP contribution < -0.4 is 0 Å². The van der Waals surface area contributed by atoms with E-state index < -0.39 is 0 Å². The highest BCUT2D eigenvalue weighted by Crippen LogP contribution is 2.29. The molecule has 0 spiro atoms. The van der Waals surface area contributed by atoms with Gasteiger partial charge in [0, 0.05) is 5.56 Å². The molecule has 0 bridgehead atoms. The van der Waals surface area contributed by atoms with Crippen molar-refractivity contribution in [1.29, 1.82) is 0 Å². The SMILES string of the molecule is CC(C)(C)c1ccccc1[O]. The van der Waals surface area contributed by atoms with Gasteiger partial charge in [0.1, 0.15) is 0 Å². The van der Waals surface area contributed by atoms with Crippen molar-refractivity contribution in [3.05, 3.63) is 29.8 Å². The highest BCUT2D eigenvalue weighted by molar-refractivity contribution is 5.36. The van der Waals surface area contributed by atoms with Crippen LogP contribution >= 0.6 is 0 Å². The summed E-state index contributed by atoms with van der Waals surface area (Å²) in [6.07, 6.45) is 0. The van der Waals surface area contributed by atoms with Gasteiger partial charge < -0.3 is 0 Å². The van der Waals surface area contributed by atoms with E-state index in [0.717, 1.165) is 5.56 Å². The Morgan fingerprint density at radius 3 is 2.00 bits per heavy atom. The Hall–Kier alpha value is -0.980. The van der Waals surface area contributed by atoms with E-state index in [1.165, 1.54) is 0 Å². The van der Waals surface area contributed by atoms with Gasteiger partial charge in [-0.15, -0.1) is 0 Å². The van der Waals surface area contributed by atoms with Crippen molar-refractivity contribution < 1.29 is 5.11 Å². The van der Waals surface area contributed by atoms with Crippen LogP contribution in [0.3, 0.4) is 0 Å². The topological polar surface area (TPSA) is 19.9 Å². The molecule has 0 N–H and O–H groups in total. The first-order chi connectivity index (χ1) is 5.02. The summed E-state index contributed by atoms with van der Waals surface area (Å²) in [5.74, 6) is 0.139. The predicted octanol–water partition coefficient (Wildman–Crippen LogP) is 3.13. The molecular formula is C10H13O. The molecule has 0 fully saturated rings. The molecule has 0 saturated heterocycles. The van der Waals surface area contributed by atoms with Gasteiger partial charge in [-0.2, -0.15) is 0 Å². The molecule has 11 heavy (non-hydrogen) atoms. The van der Waals surface area contributed by atoms with E-state index >= 15 is 0 Å². The standard InChI is InChI=1S/C10H13O/c1-10(2,3)8-6-4-5-7-9(8)11/h4-7H,1-3H3. The number of benzene rings is 1. The zero-order chi connectivity index (χ0) is 8.48. The van der Waals surface area contributed by atoms with Crippen molar-refractivity contribution in [1.82, 2.24) is 0 Å². The van der Waals surface area contributed by atoms with Crippen molar-refractivity contribution in [3.8, 4) is 5.75 Å². The maximum atomic E-state index is 11.3. The molecule has 0 amide bonds. The molecule has 1 aromatic rings. The van der Waals surface area contributed by atoms with E-state index in [0.29, 0.717) is 0 Å². The Kier molecular flexibility index (Phi) is 1.90. The maximum Gasteiger partial charge on any atom is 0.182 e. The van der Waals surface area contributed by atoms with Crippen LogP contribution in [-0.4, -0.2) is 0 Å². The molecule has 1 rings (SSSR count). The van der Waals surface area contributed by atoms with Gasteiger partial charge in [0.2, 0.25) is 0 Å². The lowest BCUT2D eigenvalue weighted by Gasteiger charge is -2.18. The fourth-order valence-corrected chi connectivity index (χ4v) is 1.09.